The van der Waals surface area contributed by atoms with Crippen molar-refractivity contribution in [3.8, 4) is 77.9 Å². The molecule has 0 amide bonds. The SMILES string of the molecule is c1ccc(-c2ccccc2-c2cc3c4cc(-c5ccc6c(-c7ccccc7)cc7c8ccccc8c(-c8ccccc8)cc7c6c5)ccc4c(-c4ccccc4-c4ccccc4)cc3c3ccccc23)cc1. The summed E-state index contributed by atoms with van der Waals surface area (Å²) in [6.45, 7) is 0. The molecule has 0 N–H and O–H groups in total. The monoisotopic (exact) mass is 910 g/mol. The van der Waals surface area contributed by atoms with Crippen LogP contribution in [0, 0.1) is 0 Å². The summed E-state index contributed by atoms with van der Waals surface area (Å²) >= 11 is 0. The maximum Gasteiger partial charge on any atom is -0.00921 e. The van der Waals surface area contributed by atoms with Crippen molar-refractivity contribution in [3.05, 3.63) is 279 Å². The van der Waals surface area contributed by atoms with Gasteiger partial charge >= 0.3 is 0 Å². The molecule has 0 heteroatoms. The Labute approximate surface area is 419 Å². The van der Waals surface area contributed by atoms with E-state index in [0.29, 0.717) is 0 Å². The van der Waals surface area contributed by atoms with Crippen molar-refractivity contribution in [3.63, 3.8) is 0 Å². The Balaban J connectivity index is 1.07. The van der Waals surface area contributed by atoms with Crippen LogP contribution >= 0.6 is 0 Å². The van der Waals surface area contributed by atoms with Crippen LogP contribution in [-0.2, 0) is 0 Å². The predicted molar refractivity (Wildman–Crippen MR) is 310 cm³/mol. The average molecular weight is 911 g/mol. The first kappa shape index (κ1) is 41.6. The third kappa shape index (κ3) is 6.91. The highest BCUT2D eigenvalue weighted by molar-refractivity contribution is 6.27. The van der Waals surface area contributed by atoms with Crippen LogP contribution in [0.3, 0.4) is 0 Å². The Kier molecular flexibility index (Phi) is 9.96. The molecule has 0 aliphatic heterocycles. The van der Waals surface area contributed by atoms with Gasteiger partial charge in [-0.25, -0.2) is 0 Å². The number of hydrogen-bond donors (Lipinski definition) is 0. The summed E-state index contributed by atoms with van der Waals surface area (Å²) in [6.07, 6.45) is 0. The largest absolute Gasteiger partial charge is 0.0622 e. The third-order valence-corrected chi connectivity index (χ3v) is 15.1. The minimum Gasteiger partial charge on any atom is -0.0622 e. The van der Waals surface area contributed by atoms with Crippen LogP contribution in [0.2, 0.25) is 0 Å². The molecule has 0 radical (unpaired) electrons. The van der Waals surface area contributed by atoms with Gasteiger partial charge in [-0.1, -0.05) is 243 Å². The van der Waals surface area contributed by atoms with Crippen LogP contribution in [0.25, 0.3) is 143 Å². The lowest BCUT2D eigenvalue weighted by atomic mass is 9.84. The van der Waals surface area contributed by atoms with Crippen LogP contribution in [0.5, 0.6) is 0 Å². The molecule has 14 aromatic rings. The fourth-order valence-corrected chi connectivity index (χ4v) is 11.7. The first-order chi connectivity index (χ1) is 35.7. The lowest BCUT2D eigenvalue weighted by molar-refractivity contribution is 1.60. The molecule has 0 aliphatic carbocycles. The van der Waals surface area contributed by atoms with E-state index in [1.54, 1.807) is 0 Å². The van der Waals surface area contributed by atoms with Gasteiger partial charge < -0.3 is 0 Å². The van der Waals surface area contributed by atoms with Crippen molar-refractivity contribution in [2.24, 2.45) is 0 Å². The fraction of sp³-hybridized carbons (Fsp3) is 0. The maximum absolute atomic E-state index is 2.48. The first-order valence-electron chi connectivity index (χ1n) is 25.0. The second-order valence-electron chi connectivity index (χ2n) is 19.1. The van der Waals surface area contributed by atoms with E-state index in [0.717, 1.165) is 0 Å². The van der Waals surface area contributed by atoms with Crippen molar-refractivity contribution in [1.82, 2.24) is 0 Å². The molecule has 0 bridgehead atoms. The molecule has 0 saturated heterocycles. The van der Waals surface area contributed by atoms with Gasteiger partial charge in [0.1, 0.15) is 0 Å². The van der Waals surface area contributed by atoms with Gasteiger partial charge in [-0.15, -0.1) is 0 Å². The summed E-state index contributed by atoms with van der Waals surface area (Å²) in [4.78, 5) is 0. The Hall–Kier alpha value is -9.36. The van der Waals surface area contributed by atoms with E-state index in [-0.39, 0.29) is 0 Å². The molecule has 0 spiro atoms. The topological polar surface area (TPSA) is 0 Å². The van der Waals surface area contributed by atoms with Crippen LogP contribution in [-0.4, -0.2) is 0 Å². The number of rotatable bonds is 7. The second-order valence-corrected chi connectivity index (χ2v) is 19.1. The maximum atomic E-state index is 2.48. The Bertz CT molecular complexity index is 4400. The standard InChI is InChI=1S/C72H46/c1-5-21-47(22-6-1)53-29-13-15-31-55(53)67-46-72-66-42-52(38-40-62(66)68(45-70(72)60-36-20-19-35-59(60)67)56-32-16-14-30-54(56)48-23-7-2-8-24-48)51-37-39-61-64(50-27-11-4-12-28-50)43-69-58-34-18-17-33-57(58)63(44-71(69)65(61)41-51)49-25-9-3-10-26-49/h1-46H. The van der Waals surface area contributed by atoms with Gasteiger partial charge in [-0.2, -0.15) is 0 Å². The van der Waals surface area contributed by atoms with Crippen molar-refractivity contribution >= 4 is 64.6 Å². The van der Waals surface area contributed by atoms with Gasteiger partial charge in [0.15, 0.2) is 0 Å². The summed E-state index contributed by atoms with van der Waals surface area (Å²) in [6, 6.07) is 103. The van der Waals surface area contributed by atoms with E-state index in [9.17, 15) is 0 Å². The first-order valence-corrected chi connectivity index (χ1v) is 25.0. The molecular formula is C72H46. The molecule has 0 nitrogen and oxygen atoms in total. The summed E-state index contributed by atoms with van der Waals surface area (Å²) in [5.41, 5.74) is 17.0. The normalized spacial score (nSPS) is 11.6. The lowest BCUT2D eigenvalue weighted by Crippen LogP contribution is -1.93. The molecular weight excluding hydrogens is 865 g/mol. The summed E-state index contributed by atoms with van der Waals surface area (Å²) in [5.74, 6) is 0. The zero-order valence-electron chi connectivity index (χ0n) is 39.6. The number of fused-ring (bicyclic) bond motifs is 10. The Morgan fingerprint density at radius 1 is 0.111 bits per heavy atom. The third-order valence-electron chi connectivity index (χ3n) is 15.1. The van der Waals surface area contributed by atoms with Crippen LogP contribution in [0.4, 0.5) is 0 Å². The molecule has 334 valence electrons. The molecule has 0 aliphatic rings. The molecule has 0 saturated carbocycles. The number of benzene rings is 14. The lowest BCUT2D eigenvalue weighted by Gasteiger charge is -2.20. The smallest absolute Gasteiger partial charge is 0.00921 e. The van der Waals surface area contributed by atoms with Crippen molar-refractivity contribution in [1.29, 1.82) is 0 Å². The average Bonchev–Trinajstić information content (AvgIpc) is 3.47. The minimum absolute atomic E-state index is 1.18. The Morgan fingerprint density at radius 3 is 0.764 bits per heavy atom. The molecule has 14 rings (SSSR count). The fourth-order valence-electron chi connectivity index (χ4n) is 11.7. The van der Waals surface area contributed by atoms with Crippen LogP contribution in [0.15, 0.2) is 279 Å². The predicted octanol–water partition coefficient (Wildman–Crippen LogP) is 20.3. The van der Waals surface area contributed by atoms with Crippen molar-refractivity contribution in [2.45, 2.75) is 0 Å². The summed E-state index contributed by atoms with van der Waals surface area (Å²) < 4.78 is 0. The van der Waals surface area contributed by atoms with Crippen LogP contribution in [0.1, 0.15) is 0 Å². The Morgan fingerprint density at radius 2 is 0.361 bits per heavy atom. The van der Waals surface area contributed by atoms with Gasteiger partial charge in [0, 0.05) is 0 Å². The number of hydrogen-bond acceptors (Lipinski definition) is 0. The molecule has 0 unspecified atom stereocenters. The molecule has 0 atom stereocenters. The van der Waals surface area contributed by atoms with Gasteiger partial charge in [0.25, 0.3) is 0 Å². The van der Waals surface area contributed by atoms with Crippen LogP contribution < -0.4 is 0 Å². The minimum atomic E-state index is 1.18. The van der Waals surface area contributed by atoms with E-state index >= 15 is 0 Å². The molecule has 0 aromatic heterocycles. The molecule has 0 fully saturated rings. The van der Waals surface area contributed by atoms with Gasteiger partial charge in [0.05, 0.1) is 0 Å². The van der Waals surface area contributed by atoms with E-state index in [2.05, 4.69) is 279 Å². The van der Waals surface area contributed by atoms with E-state index in [1.807, 2.05) is 0 Å². The molecule has 72 heavy (non-hydrogen) atoms. The van der Waals surface area contributed by atoms with Crippen molar-refractivity contribution in [2.75, 3.05) is 0 Å². The molecule has 0 heterocycles. The van der Waals surface area contributed by atoms with E-state index in [1.165, 1.54) is 143 Å². The summed E-state index contributed by atoms with van der Waals surface area (Å²) in [7, 11) is 0. The van der Waals surface area contributed by atoms with E-state index in [4.69, 9.17) is 0 Å². The van der Waals surface area contributed by atoms with Gasteiger partial charge in [-0.05, 0) is 179 Å². The zero-order valence-corrected chi connectivity index (χ0v) is 39.6. The molecule has 14 aromatic carbocycles. The second kappa shape index (κ2) is 17.2. The van der Waals surface area contributed by atoms with Gasteiger partial charge in [-0.3, -0.25) is 0 Å². The quantitative estimate of drug-likeness (QED) is 0.140. The highest BCUT2D eigenvalue weighted by Gasteiger charge is 2.20. The van der Waals surface area contributed by atoms with E-state index < -0.39 is 0 Å². The van der Waals surface area contributed by atoms with Gasteiger partial charge in [0.2, 0.25) is 0 Å². The summed E-state index contributed by atoms with van der Waals surface area (Å²) in [5, 5.41) is 14.9. The van der Waals surface area contributed by atoms with Crippen molar-refractivity contribution < 1.29 is 0 Å². The zero-order chi connectivity index (χ0) is 47.5. The highest BCUT2D eigenvalue weighted by Crippen LogP contribution is 2.48. The highest BCUT2D eigenvalue weighted by atomic mass is 14.2.